The first-order valence-corrected chi connectivity index (χ1v) is 6.59. The molecular formula is C14H24N4O. The Morgan fingerprint density at radius 2 is 2.11 bits per heavy atom. The molecule has 1 unspecified atom stereocenters. The summed E-state index contributed by atoms with van der Waals surface area (Å²) in [6, 6.07) is 10.3. The summed E-state index contributed by atoms with van der Waals surface area (Å²) in [5, 5.41) is 14.8. The second kappa shape index (κ2) is 8.37. The monoisotopic (exact) mass is 264 g/mol. The van der Waals surface area contributed by atoms with Crippen LogP contribution in [0.25, 0.3) is 0 Å². The molecule has 0 aliphatic carbocycles. The number of anilines is 1. The number of para-hydroxylation sites is 1. The predicted molar refractivity (Wildman–Crippen MR) is 79.8 cm³/mol. The van der Waals surface area contributed by atoms with E-state index in [9.17, 15) is 0 Å². The second-order valence-corrected chi connectivity index (χ2v) is 4.74. The molecule has 5 heteroatoms. The summed E-state index contributed by atoms with van der Waals surface area (Å²) in [7, 11) is 2.09. The van der Waals surface area contributed by atoms with E-state index in [0.717, 1.165) is 26.1 Å². The first kappa shape index (κ1) is 15.3. The fourth-order valence-electron chi connectivity index (χ4n) is 1.77. The lowest BCUT2D eigenvalue weighted by atomic mass is 10.1. The van der Waals surface area contributed by atoms with Crippen LogP contribution in [0.15, 0.2) is 35.5 Å². The molecule has 5 nitrogen and oxygen atoms in total. The normalized spacial score (nSPS) is 13.3. The number of hydrogen-bond acceptors (Lipinski definition) is 4. The zero-order valence-corrected chi connectivity index (χ0v) is 11.7. The molecule has 0 aliphatic heterocycles. The maximum absolute atomic E-state index is 8.54. The molecule has 0 amide bonds. The number of benzene rings is 1. The molecule has 0 saturated heterocycles. The van der Waals surface area contributed by atoms with Gasteiger partial charge in [-0.3, -0.25) is 0 Å². The van der Waals surface area contributed by atoms with Crippen molar-refractivity contribution in [2.24, 2.45) is 16.8 Å². The minimum Gasteiger partial charge on any atom is -0.409 e. The standard InChI is InChI=1S/C14H24N4O/c1-12(14(15)17-19)11-16-9-6-10-18(2)13-7-4-3-5-8-13/h3-5,7-8,12,16,19H,6,9-11H2,1-2H3,(H2,15,17). The highest BCUT2D eigenvalue weighted by molar-refractivity contribution is 5.82. The zero-order valence-electron chi connectivity index (χ0n) is 11.7. The van der Waals surface area contributed by atoms with Crippen LogP contribution in [0.3, 0.4) is 0 Å². The van der Waals surface area contributed by atoms with Crippen LogP contribution >= 0.6 is 0 Å². The highest BCUT2D eigenvalue weighted by Gasteiger charge is 2.06. The van der Waals surface area contributed by atoms with Gasteiger partial charge in [-0.1, -0.05) is 30.3 Å². The Balaban J connectivity index is 2.14. The van der Waals surface area contributed by atoms with E-state index < -0.39 is 0 Å². The quantitative estimate of drug-likeness (QED) is 0.219. The molecule has 0 heterocycles. The molecule has 0 aromatic heterocycles. The number of nitrogens with two attached hydrogens (primary N) is 1. The zero-order chi connectivity index (χ0) is 14.1. The third-order valence-electron chi connectivity index (χ3n) is 3.11. The van der Waals surface area contributed by atoms with Crippen LogP contribution in [0.4, 0.5) is 5.69 Å². The van der Waals surface area contributed by atoms with E-state index in [2.05, 4.69) is 34.6 Å². The lowest BCUT2D eigenvalue weighted by Gasteiger charge is -2.19. The minimum absolute atomic E-state index is 0.0526. The van der Waals surface area contributed by atoms with E-state index in [-0.39, 0.29) is 11.8 Å². The average molecular weight is 264 g/mol. The lowest BCUT2D eigenvalue weighted by Crippen LogP contribution is -2.32. The van der Waals surface area contributed by atoms with Gasteiger partial charge in [0.1, 0.15) is 5.84 Å². The van der Waals surface area contributed by atoms with Crippen LogP contribution in [-0.4, -0.2) is 37.7 Å². The van der Waals surface area contributed by atoms with Crippen LogP contribution in [0.1, 0.15) is 13.3 Å². The SMILES string of the molecule is CC(CNCCCN(C)c1ccccc1)C(N)=NO. The summed E-state index contributed by atoms with van der Waals surface area (Å²) < 4.78 is 0. The Morgan fingerprint density at radius 1 is 1.42 bits per heavy atom. The average Bonchev–Trinajstić information content (AvgIpc) is 2.46. The summed E-state index contributed by atoms with van der Waals surface area (Å²) in [4.78, 5) is 2.23. The van der Waals surface area contributed by atoms with E-state index in [0.29, 0.717) is 0 Å². The van der Waals surface area contributed by atoms with Gasteiger partial charge < -0.3 is 21.2 Å². The fourth-order valence-corrected chi connectivity index (χ4v) is 1.77. The van der Waals surface area contributed by atoms with Crippen molar-refractivity contribution in [1.29, 1.82) is 0 Å². The maximum Gasteiger partial charge on any atom is 0.143 e. The number of nitrogens with one attached hydrogen (secondary N) is 1. The summed E-state index contributed by atoms with van der Waals surface area (Å²) in [6.45, 7) is 4.57. The van der Waals surface area contributed by atoms with Crippen LogP contribution in [0.2, 0.25) is 0 Å². The largest absolute Gasteiger partial charge is 0.409 e. The van der Waals surface area contributed by atoms with Gasteiger partial charge in [0.15, 0.2) is 0 Å². The van der Waals surface area contributed by atoms with E-state index in [1.165, 1.54) is 5.69 Å². The second-order valence-electron chi connectivity index (χ2n) is 4.74. The Morgan fingerprint density at radius 3 is 2.74 bits per heavy atom. The molecule has 0 fully saturated rings. The van der Waals surface area contributed by atoms with E-state index in [1.54, 1.807) is 0 Å². The number of rotatable bonds is 8. The smallest absolute Gasteiger partial charge is 0.143 e. The predicted octanol–water partition coefficient (Wildman–Crippen LogP) is 1.48. The molecule has 1 aromatic rings. The van der Waals surface area contributed by atoms with Gasteiger partial charge in [-0.25, -0.2) is 0 Å². The summed E-state index contributed by atoms with van der Waals surface area (Å²) in [5.41, 5.74) is 6.74. The Labute approximate surface area is 115 Å². The third-order valence-corrected chi connectivity index (χ3v) is 3.11. The maximum atomic E-state index is 8.54. The van der Waals surface area contributed by atoms with Gasteiger partial charge in [-0.15, -0.1) is 0 Å². The molecule has 0 saturated carbocycles. The highest BCUT2D eigenvalue weighted by atomic mass is 16.4. The van der Waals surface area contributed by atoms with Crippen molar-refractivity contribution < 1.29 is 5.21 Å². The van der Waals surface area contributed by atoms with Crippen LogP contribution in [0, 0.1) is 5.92 Å². The molecule has 1 rings (SSSR count). The van der Waals surface area contributed by atoms with Crippen molar-refractivity contribution in [2.75, 3.05) is 31.6 Å². The van der Waals surface area contributed by atoms with E-state index in [1.807, 2.05) is 25.1 Å². The van der Waals surface area contributed by atoms with Crippen molar-refractivity contribution in [3.05, 3.63) is 30.3 Å². The summed E-state index contributed by atoms with van der Waals surface area (Å²) in [6.07, 6.45) is 1.05. The first-order chi connectivity index (χ1) is 9.15. The van der Waals surface area contributed by atoms with Gasteiger partial charge in [0, 0.05) is 31.7 Å². The van der Waals surface area contributed by atoms with Gasteiger partial charge in [-0.2, -0.15) is 0 Å². The first-order valence-electron chi connectivity index (χ1n) is 6.59. The topological polar surface area (TPSA) is 73.9 Å². The van der Waals surface area contributed by atoms with Gasteiger partial charge in [0.2, 0.25) is 0 Å². The third kappa shape index (κ3) is 5.61. The molecule has 1 aromatic carbocycles. The molecule has 0 aliphatic rings. The van der Waals surface area contributed by atoms with E-state index >= 15 is 0 Å². The molecule has 0 spiro atoms. The van der Waals surface area contributed by atoms with Crippen molar-refractivity contribution >= 4 is 11.5 Å². The number of amidine groups is 1. The van der Waals surface area contributed by atoms with Gasteiger partial charge in [0.25, 0.3) is 0 Å². The molecule has 19 heavy (non-hydrogen) atoms. The Bertz CT molecular complexity index is 380. The summed E-state index contributed by atoms with van der Waals surface area (Å²) in [5.74, 6) is 0.325. The van der Waals surface area contributed by atoms with Crippen molar-refractivity contribution in [3.63, 3.8) is 0 Å². The highest BCUT2D eigenvalue weighted by Crippen LogP contribution is 2.10. The number of nitrogens with zero attached hydrogens (tertiary/aromatic N) is 2. The molecule has 0 radical (unpaired) electrons. The minimum atomic E-state index is 0.0526. The molecule has 106 valence electrons. The van der Waals surface area contributed by atoms with E-state index in [4.69, 9.17) is 10.9 Å². The summed E-state index contributed by atoms with van der Waals surface area (Å²) >= 11 is 0. The van der Waals surface area contributed by atoms with Gasteiger partial charge in [-0.05, 0) is 25.1 Å². The van der Waals surface area contributed by atoms with Crippen LogP contribution < -0.4 is 16.0 Å². The fraction of sp³-hybridized carbons (Fsp3) is 0.500. The van der Waals surface area contributed by atoms with Crippen molar-refractivity contribution in [2.45, 2.75) is 13.3 Å². The van der Waals surface area contributed by atoms with Gasteiger partial charge >= 0.3 is 0 Å². The molecule has 4 N–H and O–H groups in total. The number of hydrogen-bond donors (Lipinski definition) is 3. The van der Waals surface area contributed by atoms with Crippen LogP contribution in [-0.2, 0) is 0 Å². The van der Waals surface area contributed by atoms with Gasteiger partial charge in [0.05, 0.1) is 0 Å². The molecular weight excluding hydrogens is 240 g/mol. The van der Waals surface area contributed by atoms with Crippen molar-refractivity contribution in [3.8, 4) is 0 Å². The van der Waals surface area contributed by atoms with Crippen molar-refractivity contribution in [1.82, 2.24) is 5.32 Å². The molecule has 1 atom stereocenters. The Hall–Kier alpha value is -1.75. The molecule has 0 bridgehead atoms. The lowest BCUT2D eigenvalue weighted by molar-refractivity contribution is 0.314. The Kier molecular flexibility index (Phi) is 6.74. The number of oxime groups is 1. The van der Waals surface area contributed by atoms with Crippen LogP contribution in [0.5, 0.6) is 0 Å².